The maximum atomic E-state index is 13.0. The molecule has 0 aliphatic carbocycles. The van der Waals surface area contributed by atoms with Crippen molar-refractivity contribution in [3.63, 3.8) is 0 Å². The molecular formula is C20H19BrFN3O5. The van der Waals surface area contributed by atoms with Gasteiger partial charge in [0.05, 0.1) is 5.69 Å². The van der Waals surface area contributed by atoms with Crippen LogP contribution in [0.2, 0.25) is 0 Å². The number of nitrogens with one attached hydrogen (secondary N) is 2. The van der Waals surface area contributed by atoms with E-state index < -0.39 is 42.2 Å². The number of benzene rings is 2. The lowest BCUT2D eigenvalue weighted by Crippen LogP contribution is -2.43. The van der Waals surface area contributed by atoms with Crippen LogP contribution in [0.1, 0.15) is 23.2 Å². The van der Waals surface area contributed by atoms with Gasteiger partial charge in [0.1, 0.15) is 11.9 Å². The lowest BCUT2D eigenvalue weighted by Gasteiger charge is -2.17. The summed E-state index contributed by atoms with van der Waals surface area (Å²) in [6.45, 7) is -0.598. The van der Waals surface area contributed by atoms with Gasteiger partial charge in [0.2, 0.25) is 5.91 Å². The number of anilines is 1. The van der Waals surface area contributed by atoms with E-state index in [4.69, 9.17) is 10.5 Å². The fourth-order valence-corrected chi connectivity index (χ4v) is 2.75. The Kier molecular flexibility index (Phi) is 8.48. The summed E-state index contributed by atoms with van der Waals surface area (Å²) < 4.78 is 18.6. The van der Waals surface area contributed by atoms with Crippen LogP contribution in [-0.2, 0) is 19.1 Å². The summed E-state index contributed by atoms with van der Waals surface area (Å²) in [5.41, 5.74) is 5.71. The van der Waals surface area contributed by atoms with Crippen molar-refractivity contribution in [3.05, 3.63) is 64.4 Å². The number of ether oxygens (including phenoxy) is 1. The Morgan fingerprint density at radius 1 is 1.07 bits per heavy atom. The van der Waals surface area contributed by atoms with Crippen LogP contribution < -0.4 is 16.4 Å². The number of carbonyl (C=O) groups is 4. The van der Waals surface area contributed by atoms with Crippen molar-refractivity contribution in [2.75, 3.05) is 11.9 Å². The average Bonchev–Trinajstić information content (AvgIpc) is 2.71. The number of para-hydroxylation sites is 1. The first-order chi connectivity index (χ1) is 14.3. The standard InChI is InChI=1S/C20H19BrFN3O5/c21-14-3-1-2-4-15(14)24-18(27)11-30-20(29)16(9-10-17(23)26)25-19(28)12-5-7-13(22)8-6-12/h1-8,16H,9-11H2,(H2,23,26)(H,24,27)(H,25,28). The van der Waals surface area contributed by atoms with Gasteiger partial charge in [-0.2, -0.15) is 0 Å². The van der Waals surface area contributed by atoms with Gasteiger partial charge in [-0.15, -0.1) is 0 Å². The average molecular weight is 480 g/mol. The molecule has 8 nitrogen and oxygen atoms in total. The minimum absolute atomic E-state index is 0.111. The van der Waals surface area contributed by atoms with Gasteiger partial charge in [-0.1, -0.05) is 12.1 Å². The Morgan fingerprint density at radius 2 is 1.73 bits per heavy atom. The molecule has 4 N–H and O–H groups in total. The molecule has 0 fully saturated rings. The van der Waals surface area contributed by atoms with Gasteiger partial charge in [-0.25, -0.2) is 9.18 Å². The van der Waals surface area contributed by atoms with E-state index in [1.54, 1.807) is 24.3 Å². The Hall–Kier alpha value is -3.27. The molecule has 1 atom stereocenters. The van der Waals surface area contributed by atoms with Gasteiger partial charge in [0.25, 0.3) is 11.8 Å². The highest BCUT2D eigenvalue weighted by atomic mass is 79.9. The van der Waals surface area contributed by atoms with Crippen molar-refractivity contribution in [2.45, 2.75) is 18.9 Å². The monoisotopic (exact) mass is 479 g/mol. The molecule has 3 amide bonds. The Bertz CT molecular complexity index is 936. The number of amides is 3. The Morgan fingerprint density at radius 3 is 2.37 bits per heavy atom. The summed E-state index contributed by atoms with van der Waals surface area (Å²) in [4.78, 5) is 47.7. The van der Waals surface area contributed by atoms with E-state index in [0.29, 0.717) is 10.2 Å². The first-order valence-electron chi connectivity index (χ1n) is 8.82. The first-order valence-corrected chi connectivity index (χ1v) is 9.61. The summed E-state index contributed by atoms with van der Waals surface area (Å²) in [6.07, 6.45) is -0.306. The van der Waals surface area contributed by atoms with Crippen molar-refractivity contribution in [1.82, 2.24) is 5.32 Å². The first kappa shape index (κ1) is 23.0. The molecule has 30 heavy (non-hydrogen) atoms. The minimum Gasteiger partial charge on any atom is -0.454 e. The SMILES string of the molecule is NC(=O)CCC(NC(=O)c1ccc(F)cc1)C(=O)OCC(=O)Nc1ccccc1Br. The number of halogens is 2. The van der Waals surface area contributed by atoms with E-state index in [1.807, 2.05) is 0 Å². The van der Waals surface area contributed by atoms with Crippen LogP contribution in [0.15, 0.2) is 53.0 Å². The number of esters is 1. The van der Waals surface area contributed by atoms with E-state index >= 15 is 0 Å². The van der Waals surface area contributed by atoms with Gasteiger partial charge < -0.3 is 21.1 Å². The fraction of sp³-hybridized carbons (Fsp3) is 0.200. The molecule has 2 rings (SSSR count). The third kappa shape index (κ3) is 7.28. The van der Waals surface area contributed by atoms with E-state index in [9.17, 15) is 23.6 Å². The maximum Gasteiger partial charge on any atom is 0.329 e. The summed E-state index contributed by atoms with van der Waals surface area (Å²) in [5, 5.41) is 4.97. The molecule has 0 heterocycles. The van der Waals surface area contributed by atoms with E-state index in [1.165, 1.54) is 12.1 Å². The summed E-state index contributed by atoms with van der Waals surface area (Å²) in [7, 11) is 0. The lowest BCUT2D eigenvalue weighted by molar-refractivity contribution is -0.149. The third-order valence-corrected chi connectivity index (χ3v) is 4.56. The van der Waals surface area contributed by atoms with Crippen LogP contribution in [-0.4, -0.2) is 36.3 Å². The van der Waals surface area contributed by atoms with E-state index in [-0.39, 0.29) is 18.4 Å². The zero-order valence-electron chi connectivity index (χ0n) is 15.7. The van der Waals surface area contributed by atoms with Crippen LogP contribution in [0.25, 0.3) is 0 Å². The largest absolute Gasteiger partial charge is 0.454 e. The van der Waals surface area contributed by atoms with Gasteiger partial charge >= 0.3 is 5.97 Å². The molecule has 0 saturated heterocycles. The predicted molar refractivity (Wildman–Crippen MR) is 110 cm³/mol. The molecule has 0 spiro atoms. The Labute approximate surface area is 180 Å². The van der Waals surface area contributed by atoms with Crippen molar-refractivity contribution in [1.29, 1.82) is 0 Å². The molecular weight excluding hydrogens is 461 g/mol. The molecule has 0 saturated carbocycles. The zero-order valence-corrected chi connectivity index (χ0v) is 17.3. The molecule has 0 aliphatic rings. The van der Waals surface area contributed by atoms with Crippen molar-refractivity contribution >= 4 is 45.3 Å². The van der Waals surface area contributed by atoms with Crippen LogP contribution in [0.4, 0.5) is 10.1 Å². The molecule has 0 radical (unpaired) electrons. The predicted octanol–water partition coefficient (Wildman–Crippen LogP) is 2.13. The maximum absolute atomic E-state index is 13.0. The molecule has 0 aliphatic heterocycles. The van der Waals surface area contributed by atoms with Crippen LogP contribution in [0, 0.1) is 5.82 Å². The molecule has 0 aromatic heterocycles. The third-order valence-electron chi connectivity index (χ3n) is 3.87. The molecule has 0 bridgehead atoms. The molecule has 1 unspecified atom stereocenters. The second-order valence-electron chi connectivity index (χ2n) is 6.17. The number of nitrogens with two attached hydrogens (primary N) is 1. The van der Waals surface area contributed by atoms with Crippen molar-refractivity contribution < 1.29 is 28.3 Å². The Balaban J connectivity index is 1.97. The van der Waals surface area contributed by atoms with Crippen molar-refractivity contribution in [2.24, 2.45) is 5.73 Å². The van der Waals surface area contributed by atoms with Crippen LogP contribution >= 0.6 is 15.9 Å². The molecule has 158 valence electrons. The van der Waals surface area contributed by atoms with Crippen LogP contribution in [0.3, 0.4) is 0 Å². The second-order valence-corrected chi connectivity index (χ2v) is 7.03. The fourth-order valence-electron chi connectivity index (χ4n) is 2.36. The smallest absolute Gasteiger partial charge is 0.329 e. The zero-order chi connectivity index (χ0) is 22.1. The summed E-state index contributed by atoms with van der Waals surface area (Å²) >= 11 is 3.28. The number of rotatable bonds is 9. The second kappa shape index (κ2) is 11.1. The number of carbonyl (C=O) groups excluding carboxylic acids is 4. The van der Waals surface area contributed by atoms with Gasteiger partial charge in [-0.3, -0.25) is 14.4 Å². The molecule has 2 aromatic carbocycles. The normalized spacial score (nSPS) is 11.3. The van der Waals surface area contributed by atoms with Gasteiger partial charge in [0, 0.05) is 16.5 Å². The van der Waals surface area contributed by atoms with E-state index in [2.05, 4.69) is 26.6 Å². The van der Waals surface area contributed by atoms with E-state index in [0.717, 1.165) is 12.1 Å². The highest BCUT2D eigenvalue weighted by Crippen LogP contribution is 2.20. The molecule has 2 aromatic rings. The summed E-state index contributed by atoms with van der Waals surface area (Å²) in [5.74, 6) is -3.36. The topological polar surface area (TPSA) is 128 Å². The highest BCUT2D eigenvalue weighted by molar-refractivity contribution is 9.10. The van der Waals surface area contributed by atoms with Gasteiger partial charge in [-0.05, 0) is 58.7 Å². The highest BCUT2D eigenvalue weighted by Gasteiger charge is 2.24. The van der Waals surface area contributed by atoms with Crippen molar-refractivity contribution in [3.8, 4) is 0 Å². The van der Waals surface area contributed by atoms with Gasteiger partial charge in [0.15, 0.2) is 6.61 Å². The molecule has 10 heteroatoms. The minimum atomic E-state index is -1.22. The van der Waals surface area contributed by atoms with Crippen LogP contribution in [0.5, 0.6) is 0 Å². The lowest BCUT2D eigenvalue weighted by atomic mass is 10.1. The number of hydrogen-bond donors (Lipinski definition) is 3. The quantitative estimate of drug-likeness (QED) is 0.474. The number of hydrogen-bond acceptors (Lipinski definition) is 5. The number of primary amides is 1. The summed E-state index contributed by atoms with van der Waals surface area (Å²) in [6, 6.07) is 10.3.